The van der Waals surface area contributed by atoms with Crippen LogP contribution in [0.5, 0.6) is 0 Å². The second-order valence-corrected chi connectivity index (χ2v) is 11.9. The van der Waals surface area contributed by atoms with Gasteiger partial charge in [0.05, 0.1) is 0 Å². The number of nitrogens with zero attached hydrogens (tertiary/aromatic N) is 2. The van der Waals surface area contributed by atoms with E-state index in [1.54, 1.807) is 4.90 Å². The van der Waals surface area contributed by atoms with Crippen LogP contribution in [0, 0.1) is 5.92 Å². The predicted molar refractivity (Wildman–Crippen MR) is 140 cm³/mol. The lowest BCUT2D eigenvalue weighted by Crippen LogP contribution is -2.52. The van der Waals surface area contributed by atoms with Crippen molar-refractivity contribution >= 4 is 29.5 Å². The maximum atomic E-state index is 13.3. The number of hydrogen-bond acceptors (Lipinski definition) is 6. The molecule has 202 valence electrons. The number of imide groups is 1. The smallest absolute Gasteiger partial charge is 0.407 e. The Balaban J connectivity index is 1.49. The number of nitrogens with one attached hydrogen (secondary N) is 2. The van der Waals surface area contributed by atoms with Crippen molar-refractivity contribution in [1.29, 1.82) is 0 Å². The highest BCUT2D eigenvalue weighted by Crippen LogP contribution is 2.37. The summed E-state index contributed by atoms with van der Waals surface area (Å²) in [5.41, 5.74) is 2.10. The zero-order valence-corrected chi connectivity index (χ0v) is 22.6. The lowest BCUT2D eigenvalue weighted by molar-refractivity contribution is -0.136. The van der Waals surface area contributed by atoms with Crippen molar-refractivity contribution in [2.45, 2.75) is 103 Å². The van der Waals surface area contributed by atoms with Crippen LogP contribution in [-0.2, 0) is 20.9 Å². The first-order valence-corrected chi connectivity index (χ1v) is 13.5. The minimum atomic E-state index is -0.627. The normalized spacial score (nSPS) is 24.1. The van der Waals surface area contributed by atoms with Gasteiger partial charge in [0.1, 0.15) is 11.6 Å². The number of rotatable bonds is 6. The minimum Gasteiger partial charge on any atom is -0.444 e. The van der Waals surface area contributed by atoms with E-state index in [9.17, 15) is 19.2 Å². The van der Waals surface area contributed by atoms with E-state index in [4.69, 9.17) is 4.74 Å². The van der Waals surface area contributed by atoms with Crippen molar-refractivity contribution in [3.63, 3.8) is 0 Å². The Morgan fingerprint density at radius 3 is 2.46 bits per heavy atom. The van der Waals surface area contributed by atoms with Crippen LogP contribution in [0.3, 0.4) is 0 Å². The standard InChI is InChI=1S/C28H40N4O5/c1-17(2)15-31(19-11-9-18(10-12-19)29-27(36)37-28(3,4)5)22-8-6-7-20-21(22)16-32(26(20)35)23-13-14-24(33)30-25(23)34/h6-8,17-19,23H,9-16H2,1-5H3,(H,29,36)(H,30,33,34). The molecule has 0 aromatic heterocycles. The molecule has 1 saturated carbocycles. The Kier molecular flexibility index (Phi) is 7.80. The molecule has 2 fully saturated rings. The van der Waals surface area contributed by atoms with Crippen LogP contribution < -0.4 is 15.5 Å². The van der Waals surface area contributed by atoms with Gasteiger partial charge in [-0.15, -0.1) is 0 Å². The molecule has 9 heteroatoms. The molecule has 0 bridgehead atoms. The molecular weight excluding hydrogens is 472 g/mol. The summed E-state index contributed by atoms with van der Waals surface area (Å²) < 4.78 is 5.43. The Morgan fingerprint density at radius 2 is 1.84 bits per heavy atom. The third-order valence-corrected chi connectivity index (χ3v) is 7.29. The molecule has 1 aromatic carbocycles. The Hall–Kier alpha value is -3.10. The maximum Gasteiger partial charge on any atom is 0.407 e. The maximum absolute atomic E-state index is 13.3. The van der Waals surface area contributed by atoms with E-state index in [2.05, 4.69) is 35.4 Å². The fourth-order valence-electron chi connectivity index (χ4n) is 5.68. The zero-order valence-electron chi connectivity index (χ0n) is 22.6. The number of benzene rings is 1. The number of alkyl carbamates (subject to hydrolysis) is 1. The van der Waals surface area contributed by atoms with E-state index in [1.165, 1.54) is 0 Å². The number of fused-ring (bicyclic) bond motifs is 1. The molecule has 1 unspecified atom stereocenters. The summed E-state index contributed by atoms with van der Waals surface area (Å²) in [5, 5.41) is 5.40. The molecule has 9 nitrogen and oxygen atoms in total. The molecule has 2 aliphatic heterocycles. The topological polar surface area (TPSA) is 108 Å². The summed E-state index contributed by atoms with van der Waals surface area (Å²) >= 11 is 0. The third-order valence-electron chi connectivity index (χ3n) is 7.29. The fraction of sp³-hybridized carbons (Fsp3) is 0.643. The molecule has 3 aliphatic rings. The summed E-state index contributed by atoms with van der Waals surface area (Å²) in [5.74, 6) is -0.419. The van der Waals surface area contributed by atoms with Gasteiger partial charge in [0, 0.05) is 48.4 Å². The molecule has 0 radical (unpaired) electrons. The second kappa shape index (κ2) is 10.7. The number of carbonyl (C=O) groups excluding carboxylic acids is 4. The highest BCUT2D eigenvalue weighted by molar-refractivity contribution is 6.06. The highest BCUT2D eigenvalue weighted by Gasteiger charge is 2.41. The SMILES string of the molecule is CC(C)CN(c1cccc2c1CN(C1CCC(=O)NC1=O)C2=O)C1CCC(NC(=O)OC(C)(C)C)CC1. The molecule has 2 N–H and O–H groups in total. The van der Waals surface area contributed by atoms with E-state index in [0.29, 0.717) is 24.4 Å². The van der Waals surface area contributed by atoms with Crippen molar-refractivity contribution < 1.29 is 23.9 Å². The molecule has 1 aromatic rings. The van der Waals surface area contributed by atoms with Gasteiger partial charge in [-0.05, 0) is 70.9 Å². The molecule has 2 heterocycles. The van der Waals surface area contributed by atoms with Gasteiger partial charge in [-0.25, -0.2) is 4.79 Å². The number of ether oxygens (including phenoxy) is 1. The van der Waals surface area contributed by atoms with Crippen LogP contribution in [-0.4, -0.2) is 59.0 Å². The molecule has 4 amide bonds. The third kappa shape index (κ3) is 6.25. The van der Waals surface area contributed by atoms with Crippen LogP contribution in [0.4, 0.5) is 10.5 Å². The summed E-state index contributed by atoms with van der Waals surface area (Å²) in [7, 11) is 0. The second-order valence-electron chi connectivity index (χ2n) is 11.9. The van der Waals surface area contributed by atoms with Gasteiger partial charge >= 0.3 is 6.09 Å². The largest absolute Gasteiger partial charge is 0.444 e. The first-order chi connectivity index (χ1) is 17.4. The molecule has 0 spiro atoms. The van der Waals surface area contributed by atoms with Crippen LogP contribution in [0.15, 0.2) is 18.2 Å². The van der Waals surface area contributed by atoms with Crippen LogP contribution in [0.1, 0.15) is 89.1 Å². The van der Waals surface area contributed by atoms with Crippen LogP contribution in [0.2, 0.25) is 0 Å². The summed E-state index contributed by atoms with van der Waals surface area (Å²) in [6.07, 6.45) is 3.77. The van der Waals surface area contributed by atoms with Crippen molar-refractivity contribution in [3.05, 3.63) is 29.3 Å². The van der Waals surface area contributed by atoms with Gasteiger partial charge < -0.3 is 19.9 Å². The van der Waals surface area contributed by atoms with E-state index in [-0.39, 0.29) is 36.4 Å². The van der Waals surface area contributed by atoms with Gasteiger partial charge in [0.25, 0.3) is 5.91 Å². The minimum absolute atomic E-state index is 0.0816. The molecule has 4 rings (SSSR count). The summed E-state index contributed by atoms with van der Waals surface area (Å²) in [6.45, 7) is 11.2. The van der Waals surface area contributed by atoms with Gasteiger partial charge in [0.2, 0.25) is 11.8 Å². The lowest BCUT2D eigenvalue weighted by atomic mass is 9.89. The average molecular weight is 513 g/mol. The molecule has 1 saturated heterocycles. The van der Waals surface area contributed by atoms with Gasteiger partial charge in [-0.1, -0.05) is 19.9 Å². The van der Waals surface area contributed by atoms with Gasteiger partial charge in [0.15, 0.2) is 0 Å². The number of carbonyl (C=O) groups is 4. The number of hydrogen-bond donors (Lipinski definition) is 2. The molecule has 1 atom stereocenters. The highest BCUT2D eigenvalue weighted by atomic mass is 16.6. The zero-order chi connectivity index (χ0) is 26.9. The first kappa shape index (κ1) is 26.9. The summed E-state index contributed by atoms with van der Waals surface area (Å²) in [6, 6.07) is 5.57. The number of amides is 4. The Bertz CT molecular complexity index is 1060. The van der Waals surface area contributed by atoms with Crippen LogP contribution >= 0.6 is 0 Å². The average Bonchev–Trinajstić information content (AvgIpc) is 3.13. The fourth-order valence-corrected chi connectivity index (χ4v) is 5.68. The van der Waals surface area contributed by atoms with Crippen LogP contribution in [0.25, 0.3) is 0 Å². The van der Waals surface area contributed by atoms with Gasteiger partial charge in [-0.3, -0.25) is 19.7 Å². The number of anilines is 1. The Morgan fingerprint density at radius 1 is 1.14 bits per heavy atom. The number of piperidine rings is 1. The van der Waals surface area contributed by atoms with E-state index in [1.807, 2.05) is 32.9 Å². The van der Waals surface area contributed by atoms with E-state index >= 15 is 0 Å². The summed E-state index contributed by atoms with van der Waals surface area (Å²) in [4.78, 5) is 53.8. The van der Waals surface area contributed by atoms with E-state index < -0.39 is 17.6 Å². The first-order valence-electron chi connectivity index (χ1n) is 13.5. The van der Waals surface area contributed by atoms with Crippen molar-refractivity contribution in [2.24, 2.45) is 5.92 Å². The quantitative estimate of drug-likeness (QED) is 0.562. The van der Waals surface area contributed by atoms with Crippen molar-refractivity contribution in [3.8, 4) is 0 Å². The lowest BCUT2D eigenvalue weighted by Gasteiger charge is -2.40. The van der Waals surface area contributed by atoms with Crippen molar-refractivity contribution in [2.75, 3.05) is 11.4 Å². The van der Waals surface area contributed by atoms with E-state index in [0.717, 1.165) is 43.5 Å². The Labute approximate surface area is 219 Å². The van der Waals surface area contributed by atoms with Crippen molar-refractivity contribution in [1.82, 2.24) is 15.5 Å². The van der Waals surface area contributed by atoms with Gasteiger partial charge in [-0.2, -0.15) is 0 Å². The molecule has 1 aliphatic carbocycles. The molecule has 37 heavy (non-hydrogen) atoms. The monoisotopic (exact) mass is 512 g/mol. The predicted octanol–water partition coefficient (Wildman–Crippen LogP) is 3.75. The molecular formula is C28H40N4O5.